The van der Waals surface area contributed by atoms with Gasteiger partial charge in [-0.15, -0.1) is 22.7 Å². The average molecular weight is 938 g/mol. The van der Waals surface area contributed by atoms with Crippen molar-refractivity contribution in [2.45, 2.75) is 0 Å². The number of para-hydroxylation sites is 4. The molecule has 0 N–H and O–H groups in total. The summed E-state index contributed by atoms with van der Waals surface area (Å²) in [4.78, 5) is 0. The van der Waals surface area contributed by atoms with Gasteiger partial charge in [-0.2, -0.15) is 0 Å². The van der Waals surface area contributed by atoms with E-state index in [9.17, 15) is 0 Å². The van der Waals surface area contributed by atoms with Gasteiger partial charge in [-0.3, -0.25) is 0 Å². The van der Waals surface area contributed by atoms with Crippen molar-refractivity contribution in [1.29, 1.82) is 0 Å². The number of benzene rings is 11. The summed E-state index contributed by atoms with van der Waals surface area (Å²) in [5, 5.41) is 12.8. The lowest BCUT2D eigenvalue weighted by Crippen LogP contribution is -1.97. The van der Waals surface area contributed by atoms with Crippen LogP contribution in [-0.4, -0.2) is 13.7 Å². The summed E-state index contributed by atoms with van der Waals surface area (Å²) in [6, 6.07) is 87.9. The van der Waals surface area contributed by atoms with Crippen molar-refractivity contribution in [3.8, 4) is 39.3 Å². The Labute approximate surface area is 415 Å². The number of hydrogen-bond donors (Lipinski definition) is 0. The van der Waals surface area contributed by atoms with Gasteiger partial charge in [0.2, 0.25) is 0 Å². The first kappa shape index (κ1) is 39.1. The summed E-state index contributed by atoms with van der Waals surface area (Å²) >= 11 is 3.78. The topological polar surface area (TPSA) is 14.8 Å². The normalized spacial score (nSPS) is 12.2. The molecular formula is C66H39N3S2. The maximum absolute atomic E-state index is 2.53. The fourth-order valence-electron chi connectivity index (χ4n) is 11.9. The van der Waals surface area contributed by atoms with Crippen LogP contribution in [0.15, 0.2) is 237 Å². The first-order valence-electron chi connectivity index (χ1n) is 24.2. The van der Waals surface area contributed by atoms with E-state index in [1.54, 1.807) is 0 Å². The molecule has 0 bridgehead atoms. The minimum atomic E-state index is 1.15. The van der Waals surface area contributed by atoms with Crippen LogP contribution in [0.2, 0.25) is 0 Å². The van der Waals surface area contributed by atoms with Gasteiger partial charge in [0.15, 0.2) is 0 Å². The highest BCUT2D eigenvalue weighted by Crippen LogP contribution is 2.46. The molecule has 0 saturated carbocycles. The van der Waals surface area contributed by atoms with Crippen molar-refractivity contribution in [2.75, 3.05) is 0 Å². The van der Waals surface area contributed by atoms with Gasteiger partial charge in [0.05, 0.1) is 33.1 Å². The number of nitrogens with zero attached hydrogens (tertiary/aromatic N) is 3. The summed E-state index contributed by atoms with van der Waals surface area (Å²) < 4.78 is 12.6. The third-order valence-electron chi connectivity index (χ3n) is 15.0. The van der Waals surface area contributed by atoms with Crippen LogP contribution in [0.25, 0.3) is 145 Å². The molecule has 0 aliphatic heterocycles. The van der Waals surface area contributed by atoms with Crippen LogP contribution in [0.4, 0.5) is 0 Å². The molecule has 0 unspecified atom stereocenters. The monoisotopic (exact) mass is 937 g/mol. The van der Waals surface area contributed by atoms with Crippen LogP contribution < -0.4 is 0 Å². The molecule has 5 heteroatoms. The first-order chi connectivity index (χ1) is 35.2. The molecule has 330 valence electrons. The summed E-state index contributed by atoms with van der Waals surface area (Å²) in [6.45, 7) is 0. The minimum Gasteiger partial charge on any atom is -0.309 e. The summed E-state index contributed by atoms with van der Waals surface area (Å²) in [6.07, 6.45) is 0. The van der Waals surface area contributed by atoms with Crippen LogP contribution in [0.5, 0.6) is 0 Å². The Bertz CT molecular complexity index is 4810. The van der Waals surface area contributed by atoms with Gasteiger partial charge in [0, 0.05) is 95.3 Å². The fraction of sp³-hybridized carbons (Fsp3) is 0. The van der Waals surface area contributed by atoms with E-state index in [1.807, 2.05) is 22.7 Å². The SMILES string of the molecule is c1ccc(-c2cccc(-n3c4cc5c(cc4c4cccc(-c6ccc7c(c6)sc6cc8c9ccccc9n(-c9ccc(-n%10c%11ccccc%11c%11ccccc%11%10)cc9)c8cc67)c43)sc3ccccc35)c2)cc1. The van der Waals surface area contributed by atoms with Gasteiger partial charge in [0.25, 0.3) is 0 Å². The molecule has 0 amide bonds. The van der Waals surface area contributed by atoms with E-state index >= 15 is 0 Å². The molecule has 3 nitrogen and oxygen atoms in total. The molecule has 5 aromatic heterocycles. The second kappa shape index (κ2) is 14.9. The van der Waals surface area contributed by atoms with Crippen LogP contribution in [0, 0.1) is 0 Å². The average Bonchev–Trinajstić information content (AvgIpc) is 4.23. The van der Waals surface area contributed by atoms with Gasteiger partial charge in [-0.25, -0.2) is 0 Å². The summed E-state index contributed by atoms with van der Waals surface area (Å²) in [5.74, 6) is 0. The number of hydrogen-bond acceptors (Lipinski definition) is 2. The molecule has 0 aliphatic carbocycles. The van der Waals surface area contributed by atoms with Gasteiger partial charge in [0.1, 0.15) is 0 Å². The van der Waals surface area contributed by atoms with Crippen molar-refractivity contribution in [1.82, 2.24) is 13.7 Å². The van der Waals surface area contributed by atoms with Crippen LogP contribution in [-0.2, 0) is 0 Å². The Morgan fingerprint density at radius 2 is 0.718 bits per heavy atom. The maximum atomic E-state index is 2.53. The zero-order chi connectivity index (χ0) is 46.3. The molecule has 0 spiro atoms. The third kappa shape index (κ3) is 5.70. The standard InChI is InChI=1S/C66H39N3S2/c1-2-14-40(15-3-1)41-16-12-17-45(34-41)69-61-37-55-50-21-7-11-27-62(50)70-64(55)39-54(61)52-23-13-22-46(66(52)69)42-28-33-51-56-36-60-53(38-65(56)71-63(51)35-42)49-20-6-10-26-59(49)68(60)44-31-29-43(30-32-44)67-57-24-8-4-18-47(57)48-19-5-9-25-58(48)67/h1-39H. The fourth-order valence-corrected chi connectivity index (χ4v) is 14.2. The molecule has 5 heterocycles. The Morgan fingerprint density at radius 1 is 0.225 bits per heavy atom. The maximum Gasteiger partial charge on any atom is 0.0619 e. The van der Waals surface area contributed by atoms with Crippen molar-refractivity contribution in [2.24, 2.45) is 0 Å². The molecule has 0 aliphatic rings. The van der Waals surface area contributed by atoms with E-state index in [0.717, 1.165) is 17.1 Å². The summed E-state index contributed by atoms with van der Waals surface area (Å²) in [5.41, 5.74) is 15.6. The number of fused-ring (bicyclic) bond motifs is 15. The predicted molar refractivity (Wildman–Crippen MR) is 306 cm³/mol. The largest absolute Gasteiger partial charge is 0.309 e. The molecule has 16 rings (SSSR count). The van der Waals surface area contributed by atoms with Crippen molar-refractivity contribution in [3.63, 3.8) is 0 Å². The van der Waals surface area contributed by atoms with E-state index in [0.29, 0.717) is 0 Å². The van der Waals surface area contributed by atoms with Gasteiger partial charge in [-0.05, 0) is 108 Å². The van der Waals surface area contributed by atoms with Crippen LogP contribution in [0.3, 0.4) is 0 Å². The second-order valence-electron chi connectivity index (χ2n) is 18.8. The quantitative estimate of drug-likeness (QED) is 0.163. The smallest absolute Gasteiger partial charge is 0.0619 e. The molecule has 0 radical (unpaired) electrons. The summed E-state index contributed by atoms with van der Waals surface area (Å²) in [7, 11) is 0. The highest BCUT2D eigenvalue weighted by molar-refractivity contribution is 7.26. The van der Waals surface area contributed by atoms with Gasteiger partial charge >= 0.3 is 0 Å². The zero-order valence-electron chi connectivity index (χ0n) is 38.2. The van der Waals surface area contributed by atoms with E-state index in [-0.39, 0.29) is 0 Å². The van der Waals surface area contributed by atoms with E-state index in [2.05, 4.69) is 250 Å². The lowest BCUT2D eigenvalue weighted by molar-refractivity contribution is 1.15. The second-order valence-corrected chi connectivity index (χ2v) is 21.0. The highest BCUT2D eigenvalue weighted by Gasteiger charge is 2.21. The van der Waals surface area contributed by atoms with Gasteiger partial charge < -0.3 is 13.7 Å². The Kier molecular flexibility index (Phi) is 8.20. The molecule has 11 aromatic carbocycles. The molecule has 0 atom stereocenters. The minimum absolute atomic E-state index is 1.15. The van der Waals surface area contributed by atoms with Crippen molar-refractivity contribution >= 4 is 128 Å². The Balaban J connectivity index is 0.873. The van der Waals surface area contributed by atoms with Crippen LogP contribution in [0.1, 0.15) is 0 Å². The Morgan fingerprint density at radius 3 is 1.41 bits per heavy atom. The molecular weight excluding hydrogens is 899 g/mol. The third-order valence-corrected chi connectivity index (χ3v) is 17.3. The highest BCUT2D eigenvalue weighted by atomic mass is 32.1. The van der Waals surface area contributed by atoms with Gasteiger partial charge in [-0.1, -0.05) is 146 Å². The van der Waals surface area contributed by atoms with E-state index < -0.39 is 0 Å². The van der Waals surface area contributed by atoms with Crippen molar-refractivity contribution in [3.05, 3.63) is 237 Å². The molecule has 0 fully saturated rings. The van der Waals surface area contributed by atoms with E-state index in [1.165, 1.54) is 128 Å². The molecule has 71 heavy (non-hydrogen) atoms. The molecule has 0 saturated heterocycles. The lowest BCUT2D eigenvalue weighted by atomic mass is 10.00. The lowest BCUT2D eigenvalue weighted by Gasteiger charge is -2.13. The molecule has 16 aromatic rings. The number of rotatable bonds is 5. The zero-order valence-corrected chi connectivity index (χ0v) is 39.8. The van der Waals surface area contributed by atoms with Crippen LogP contribution >= 0.6 is 22.7 Å². The van der Waals surface area contributed by atoms with Crippen molar-refractivity contribution < 1.29 is 0 Å². The first-order valence-corrected chi connectivity index (χ1v) is 25.9. The number of thiophene rings is 2. The number of aromatic nitrogens is 3. The van der Waals surface area contributed by atoms with E-state index in [4.69, 9.17) is 0 Å². The predicted octanol–water partition coefficient (Wildman–Crippen LogP) is 19.0. The Hall–Kier alpha value is -8.74.